The Balaban J connectivity index is 0.00000288. The molecule has 0 saturated carbocycles. The van der Waals surface area contributed by atoms with Gasteiger partial charge in [0.1, 0.15) is 0 Å². The number of rotatable bonds is 8. The molecule has 1 unspecified atom stereocenters. The smallest absolute Gasteiger partial charge is 0.226 e. The number of halogens is 2. The van der Waals surface area contributed by atoms with Crippen LogP contribution in [0.4, 0.5) is 0 Å². The van der Waals surface area contributed by atoms with E-state index < -0.39 is 0 Å². The van der Waals surface area contributed by atoms with E-state index in [-0.39, 0.29) is 36.1 Å². The molecular weight excluding hydrogens is 377 g/mol. The highest BCUT2D eigenvalue weighted by molar-refractivity contribution is 7.18. The summed E-state index contributed by atoms with van der Waals surface area (Å²) in [6.45, 7) is 7.44. The fourth-order valence-corrected chi connectivity index (χ4v) is 3.84. The Morgan fingerprint density at radius 1 is 1.28 bits per heavy atom. The summed E-state index contributed by atoms with van der Waals surface area (Å²) in [7, 11) is 0. The number of amides is 1. The topological polar surface area (TPSA) is 68.0 Å². The van der Waals surface area contributed by atoms with Crippen molar-refractivity contribution in [3.05, 3.63) is 29.3 Å². The van der Waals surface area contributed by atoms with Gasteiger partial charge in [0, 0.05) is 13.0 Å². The first-order chi connectivity index (χ1) is 11.0. The van der Waals surface area contributed by atoms with Gasteiger partial charge in [-0.2, -0.15) is 0 Å². The second-order valence-electron chi connectivity index (χ2n) is 6.29. The van der Waals surface area contributed by atoms with Gasteiger partial charge in [0.2, 0.25) is 5.91 Å². The van der Waals surface area contributed by atoms with Gasteiger partial charge in [-0.25, -0.2) is 4.98 Å². The minimum absolute atomic E-state index is 0. The van der Waals surface area contributed by atoms with Gasteiger partial charge in [0.05, 0.1) is 20.6 Å². The number of fused-ring (bicyclic) bond motifs is 1. The van der Waals surface area contributed by atoms with E-state index in [0.717, 1.165) is 23.4 Å². The van der Waals surface area contributed by atoms with Crippen molar-refractivity contribution in [3.63, 3.8) is 0 Å². The number of nitrogens with one attached hydrogen (secondary N) is 1. The number of para-hydroxylation sites is 1. The first kappa shape index (κ1) is 24.1. The summed E-state index contributed by atoms with van der Waals surface area (Å²) in [5.41, 5.74) is 6.27. The SMILES string of the molecule is CCC(CC)(Cc1nc2ccccc2s1)C(=O)NCC(C)CN.Cl.Cl. The van der Waals surface area contributed by atoms with Crippen LogP contribution < -0.4 is 11.1 Å². The van der Waals surface area contributed by atoms with E-state index in [1.165, 1.54) is 4.70 Å². The monoisotopic (exact) mass is 405 g/mol. The molecule has 0 saturated heterocycles. The maximum absolute atomic E-state index is 12.8. The molecule has 0 fully saturated rings. The van der Waals surface area contributed by atoms with Gasteiger partial charge in [0.15, 0.2) is 0 Å². The average Bonchev–Trinajstić information content (AvgIpc) is 2.99. The van der Waals surface area contributed by atoms with Gasteiger partial charge < -0.3 is 11.1 Å². The van der Waals surface area contributed by atoms with Gasteiger partial charge in [-0.15, -0.1) is 36.2 Å². The van der Waals surface area contributed by atoms with Crippen LogP contribution in [0.2, 0.25) is 0 Å². The van der Waals surface area contributed by atoms with E-state index in [1.54, 1.807) is 11.3 Å². The Bertz CT molecular complexity index is 626. The van der Waals surface area contributed by atoms with Crippen molar-refractivity contribution in [1.82, 2.24) is 10.3 Å². The third-order valence-electron chi connectivity index (χ3n) is 4.68. The molecule has 1 aromatic heterocycles. The number of hydrogen-bond donors (Lipinski definition) is 2. The predicted octanol–water partition coefficient (Wildman–Crippen LogP) is 4.20. The van der Waals surface area contributed by atoms with Crippen molar-refractivity contribution < 1.29 is 4.79 Å². The van der Waals surface area contributed by atoms with Crippen molar-refractivity contribution in [1.29, 1.82) is 0 Å². The molecule has 0 aliphatic heterocycles. The maximum Gasteiger partial charge on any atom is 0.226 e. The van der Waals surface area contributed by atoms with Crippen LogP contribution in [0, 0.1) is 11.3 Å². The lowest BCUT2D eigenvalue weighted by Gasteiger charge is -2.30. The Hall–Kier alpha value is -0.880. The highest BCUT2D eigenvalue weighted by Gasteiger charge is 2.36. The van der Waals surface area contributed by atoms with Crippen LogP contribution in [0.3, 0.4) is 0 Å². The van der Waals surface area contributed by atoms with Gasteiger partial charge >= 0.3 is 0 Å². The number of nitrogens with two attached hydrogens (primary N) is 1. The van der Waals surface area contributed by atoms with Gasteiger partial charge in [-0.05, 0) is 37.4 Å². The Kier molecular flexibility index (Phi) is 10.6. The molecule has 142 valence electrons. The molecule has 3 N–H and O–H groups in total. The average molecular weight is 406 g/mol. The molecule has 7 heteroatoms. The lowest BCUT2D eigenvalue weighted by Crippen LogP contribution is -2.44. The van der Waals surface area contributed by atoms with Crippen LogP contribution >= 0.6 is 36.2 Å². The first-order valence-corrected chi connectivity index (χ1v) is 9.19. The highest BCUT2D eigenvalue weighted by atomic mass is 35.5. The normalized spacial score (nSPS) is 12.2. The lowest BCUT2D eigenvalue weighted by molar-refractivity contribution is -0.131. The molecule has 0 aliphatic carbocycles. The van der Waals surface area contributed by atoms with Crippen LogP contribution in [-0.2, 0) is 11.2 Å². The van der Waals surface area contributed by atoms with Crippen molar-refractivity contribution >= 4 is 52.3 Å². The fourth-order valence-electron chi connectivity index (χ4n) is 2.72. The molecule has 0 aliphatic rings. The van der Waals surface area contributed by atoms with Crippen LogP contribution in [-0.4, -0.2) is 24.0 Å². The number of thiazole rings is 1. The molecule has 25 heavy (non-hydrogen) atoms. The molecule has 4 nitrogen and oxygen atoms in total. The van der Waals surface area contributed by atoms with E-state index in [2.05, 4.69) is 25.2 Å². The number of nitrogens with zero attached hydrogens (tertiary/aromatic N) is 1. The number of aromatic nitrogens is 1. The molecule has 2 rings (SSSR count). The minimum Gasteiger partial charge on any atom is -0.355 e. The van der Waals surface area contributed by atoms with E-state index in [4.69, 9.17) is 10.7 Å². The number of benzene rings is 1. The maximum atomic E-state index is 12.8. The van der Waals surface area contributed by atoms with Crippen molar-refractivity contribution in [2.75, 3.05) is 13.1 Å². The van der Waals surface area contributed by atoms with Crippen LogP contribution in [0.5, 0.6) is 0 Å². The highest BCUT2D eigenvalue weighted by Crippen LogP contribution is 2.34. The molecule has 0 radical (unpaired) electrons. The standard InChI is InChI=1S/C18H27N3OS.2ClH/c1-4-18(5-2,17(22)20-12-13(3)11-19)10-16-21-14-8-6-7-9-15(14)23-16;;/h6-9,13H,4-5,10-12,19H2,1-3H3,(H,20,22);2*1H. The van der Waals surface area contributed by atoms with E-state index in [1.807, 2.05) is 25.1 Å². The fraction of sp³-hybridized carbons (Fsp3) is 0.556. The van der Waals surface area contributed by atoms with Crippen LogP contribution in [0.1, 0.15) is 38.6 Å². The zero-order chi connectivity index (χ0) is 16.9. The summed E-state index contributed by atoms with van der Waals surface area (Å²) < 4.78 is 1.18. The molecular formula is C18H29Cl2N3OS. The number of carbonyl (C=O) groups excluding carboxylic acids is 1. The Labute approximate surface area is 166 Å². The quantitative estimate of drug-likeness (QED) is 0.691. The summed E-state index contributed by atoms with van der Waals surface area (Å²) in [6.07, 6.45) is 2.31. The molecule has 1 aromatic carbocycles. The van der Waals surface area contributed by atoms with Crippen molar-refractivity contribution in [2.24, 2.45) is 17.1 Å². The molecule has 2 aromatic rings. The van der Waals surface area contributed by atoms with Crippen LogP contribution in [0.15, 0.2) is 24.3 Å². The number of hydrogen-bond acceptors (Lipinski definition) is 4. The Morgan fingerprint density at radius 2 is 1.92 bits per heavy atom. The molecule has 1 heterocycles. The minimum atomic E-state index is -0.387. The summed E-state index contributed by atoms with van der Waals surface area (Å²) in [5, 5.41) is 4.13. The predicted molar refractivity (Wildman–Crippen MR) is 112 cm³/mol. The van der Waals surface area contributed by atoms with Crippen LogP contribution in [0.25, 0.3) is 10.2 Å². The number of carbonyl (C=O) groups is 1. The van der Waals surface area contributed by atoms with E-state index >= 15 is 0 Å². The third kappa shape index (κ3) is 5.81. The van der Waals surface area contributed by atoms with Gasteiger partial charge in [-0.3, -0.25) is 4.79 Å². The zero-order valence-electron chi connectivity index (χ0n) is 15.1. The molecule has 0 spiro atoms. The summed E-state index contributed by atoms with van der Waals surface area (Å²) in [6, 6.07) is 8.13. The Morgan fingerprint density at radius 3 is 2.48 bits per heavy atom. The van der Waals surface area contributed by atoms with Crippen molar-refractivity contribution in [2.45, 2.75) is 40.0 Å². The van der Waals surface area contributed by atoms with Crippen molar-refractivity contribution in [3.8, 4) is 0 Å². The van der Waals surface area contributed by atoms with E-state index in [0.29, 0.717) is 25.4 Å². The molecule has 0 bridgehead atoms. The zero-order valence-corrected chi connectivity index (χ0v) is 17.5. The summed E-state index contributed by atoms with van der Waals surface area (Å²) >= 11 is 1.69. The summed E-state index contributed by atoms with van der Waals surface area (Å²) in [4.78, 5) is 17.5. The van der Waals surface area contributed by atoms with E-state index in [9.17, 15) is 4.79 Å². The lowest BCUT2D eigenvalue weighted by atomic mass is 9.78. The molecule has 1 atom stereocenters. The third-order valence-corrected chi connectivity index (χ3v) is 5.71. The van der Waals surface area contributed by atoms with Gasteiger partial charge in [0.25, 0.3) is 0 Å². The molecule has 1 amide bonds. The first-order valence-electron chi connectivity index (χ1n) is 8.37. The van der Waals surface area contributed by atoms with Gasteiger partial charge in [-0.1, -0.05) is 32.9 Å². The largest absolute Gasteiger partial charge is 0.355 e. The second-order valence-corrected chi connectivity index (χ2v) is 7.41. The summed E-state index contributed by atoms with van der Waals surface area (Å²) in [5.74, 6) is 0.426. The second kappa shape index (κ2) is 11.0.